The van der Waals surface area contributed by atoms with Crippen LogP contribution in [0.3, 0.4) is 0 Å². The molecule has 0 atom stereocenters. The molecule has 0 heterocycles. The van der Waals surface area contributed by atoms with E-state index in [-0.39, 0.29) is 0 Å². The van der Waals surface area contributed by atoms with E-state index in [4.69, 9.17) is 0 Å². The zero-order chi connectivity index (χ0) is 13.4. The summed E-state index contributed by atoms with van der Waals surface area (Å²) in [7, 11) is 7.73. The molecule has 5 heteroatoms. The highest BCUT2D eigenvalue weighted by Gasteiger charge is 1.93. The molecule has 0 aliphatic carbocycles. The molecule has 0 aliphatic rings. The maximum Gasteiger partial charge on any atom is 0.314 e. The van der Waals surface area contributed by atoms with Crippen molar-refractivity contribution in [1.82, 2.24) is 4.90 Å². The summed E-state index contributed by atoms with van der Waals surface area (Å²) in [6.07, 6.45) is 5.50. The third-order valence-corrected chi connectivity index (χ3v) is 2.16. The molecule has 1 aromatic carbocycles. The summed E-state index contributed by atoms with van der Waals surface area (Å²) in [5.41, 5.74) is 1.89. The van der Waals surface area contributed by atoms with Gasteiger partial charge in [-0.2, -0.15) is 0 Å². The molecule has 1 N–H and O–H groups in total. The van der Waals surface area contributed by atoms with Crippen molar-refractivity contribution in [2.45, 2.75) is 0 Å². The zero-order valence-corrected chi connectivity index (χ0v) is 11.3. The minimum atomic E-state index is 0.829. The number of nitrogens with zero attached hydrogens (tertiary/aromatic N) is 4. The van der Waals surface area contributed by atoms with Gasteiger partial charge in [-0.15, -0.1) is 0 Å². The Bertz CT molecular complexity index is 443. The molecule has 0 aromatic heterocycles. The van der Waals surface area contributed by atoms with Crippen molar-refractivity contribution in [3.8, 4) is 0 Å². The zero-order valence-electron chi connectivity index (χ0n) is 11.3. The van der Waals surface area contributed by atoms with Gasteiger partial charge in [-0.1, -0.05) is 0 Å². The highest BCUT2D eigenvalue weighted by Crippen LogP contribution is 2.15. The van der Waals surface area contributed by atoms with Crippen molar-refractivity contribution in [3.63, 3.8) is 0 Å². The molecule has 18 heavy (non-hydrogen) atoms. The number of azo groups is 1. The van der Waals surface area contributed by atoms with Gasteiger partial charge in [-0.05, 0) is 29.4 Å². The van der Waals surface area contributed by atoms with Crippen LogP contribution in [-0.2, 0) is 0 Å². The Balaban J connectivity index is 2.60. The van der Waals surface area contributed by atoms with Crippen LogP contribution in [-0.4, -0.2) is 44.0 Å². The van der Waals surface area contributed by atoms with E-state index in [1.54, 1.807) is 6.34 Å². The fourth-order valence-corrected chi connectivity index (χ4v) is 1.15. The molecular formula is C13H20N5+. The summed E-state index contributed by atoms with van der Waals surface area (Å²) in [4.78, 5) is 1.96. The number of anilines is 1. The van der Waals surface area contributed by atoms with Gasteiger partial charge < -0.3 is 10.2 Å². The fourth-order valence-electron chi connectivity index (χ4n) is 1.15. The average Bonchev–Trinajstić information content (AvgIpc) is 2.37. The summed E-state index contributed by atoms with van der Waals surface area (Å²) in [5.74, 6) is 0. The first-order valence-electron chi connectivity index (χ1n) is 5.70. The lowest BCUT2D eigenvalue weighted by molar-refractivity contribution is -0.418. The fraction of sp³-hybridized carbons (Fsp3) is 0.308. The summed E-state index contributed by atoms with van der Waals surface area (Å²) < 4.78 is 1.84. The van der Waals surface area contributed by atoms with Gasteiger partial charge in [-0.25, -0.2) is 4.58 Å². The molecule has 0 fully saturated rings. The Hall–Kier alpha value is -2.17. The Morgan fingerprint density at radius 3 is 2.44 bits per heavy atom. The van der Waals surface area contributed by atoms with E-state index in [0.717, 1.165) is 11.4 Å². The normalized spacial score (nSPS) is 12.3. The van der Waals surface area contributed by atoms with E-state index < -0.39 is 0 Å². The Kier molecular flexibility index (Phi) is 5.57. The molecular weight excluding hydrogens is 226 g/mol. The summed E-state index contributed by atoms with van der Waals surface area (Å²) in [6, 6.07) is 7.76. The minimum Gasteiger partial charge on any atom is -0.388 e. The highest BCUT2D eigenvalue weighted by molar-refractivity contribution is 5.52. The van der Waals surface area contributed by atoms with Crippen LogP contribution in [0.2, 0.25) is 0 Å². The van der Waals surface area contributed by atoms with Crippen LogP contribution in [0.5, 0.6) is 0 Å². The van der Waals surface area contributed by atoms with Crippen molar-refractivity contribution >= 4 is 17.7 Å². The van der Waals surface area contributed by atoms with E-state index in [2.05, 4.69) is 15.5 Å². The molecule has 0 saturated heterocycles. The maximum atomic E-state index is 4.10. The largest absolute Gasteiger partial charge is 0.388 e. The molecule has 5 nitrogen and oxygen atoms in total. The number of benzene rings is 1. The number of rotatable bonds is 5. The second-order valence-electron chi connectivity index (χ2n) is 4.06. The molecule has 0 saturated carbocycles. The molecule has 0 spiro atoms. The van der Waals surface area contributed by atoms with Crippen LogP contribution >= 0.6 is 0 Å². The topological polar surface area (TPSA) is 43.0 Å². The van der Waals surface area contributed by atoms with Crippen molar-refractivity contribution in [2.75, 3.05) is 33.5 Å². The smallest absolute Gasteiger partial charge is 0.314 e. The molecule has 1 rings (SSSR count). The lowest BCUT2D eigenvalue weighted by Crippen LogP contribution is -2.03. The van der Waals surface area contributed by atoms with Crippen LogP contribution < -0.4 is 5.32 Å². The lowest BCUT2D eigenvalue weighted by Gasteiger charge is -2.00. The number of nitrogens with one attached hydrogen (secondary N) is 1. The summed E-state index contributed by atoms with van der Waals surface area (Å²) >= 11 is 0. The predicted molar refractivity (Wildman–Crippen MR) is 75.6 cm³/mol. The Labute approximate surface area is 108 Å². The minimum absolute atomic E-state index is 0.829. The van der Waals surface area contributed by atoms with Gasteiger partial charge >= 0.3 is 6.34 Å². The van der Waals surface area contributed by atoms with Crippen LogP contribution in [0.4, 0.5) is 11.4 Å². The molecule has 1 aromatic rings. The predicted octanol–water partition coefficient (Wildman–Crippen LogP) is 2.52. The first-order valence-corrected chi connectivity index (χ1v) is 5.70. The maximum absolute atomic E-state index is 4.10. The highest BCUT2D eigenvalue weighted by atomic mass is 15.2. The van der Waals surface area contributed by atoms with Gasteiger partial charge in [-0.3, -0.25) is 0 Å². The lowest BCUT2D eigenvalue weighted by atomic mass is 10.3. The Morgan fingerprint density at radius 2 is 1.89 bits per heavy atom. The molecule has 0 unspecified atom stereocenters. The molecule has 0 aliphatic heterocycles. The Morgan fingerprint density at radius 1 is 1.22 bits per heavy atom. The third kappa shape index (κ3) is 5.25. The van der Waals surface area contributed by atoms with E-state index in [1.807, 2.05) is 74.3 Å². The van der Waals surface area contributed by atoms with Gasteiger partial charge in [0.15, 0.2) is 0 Å². The van der Waals surface area contributed by atoms with Crippen molar-refractivity contribution in [1.29, 1.82) is 0 Å². The van der Waals surface area contributed by atoms with E-state index >= 15 is 0 Å². The van der Waals surface area contributed by atoms with Gasteiger partial charge in [0.25, 0.3) is 0 Å². The van der Waals surface area contributed by atoms with E-state index in [0.29, 0.717) is 0 Å². The van der Waals surface area contributed by atoms with E-state index in [1.165, 1.54) is 0 Å². The van der Waals surface area contributed by atoms with Gasteiger partial charge in [0.1, 0.15) is 11.9 Å². The quantitative estimate of drug-likeness (QED) is 0.375. The third-order valence-electron chi connectivity index (χ3n) is 2.16. The average molecular weight is 246 g/mol. The van der Waals surface area contributed by atoms with Crippen LogP contribution in [0, 0.1) is 0 Å². The van der Waals surface area contributed by atoms with Crippen molar-refractivity contribution in [2.24, 2.45) is 10.2 Å². The van der Waals surface area contributed by atoms with Crippen LogP contribution in [0.15, 0.2) is 46.9 Å². The molecule has 96 valence electrons. The molecule has 0 bridgehead atoms. The van der Waals surface area contributed by atoms with Crippen molar-refractivity contribution < 1.29 is 4.58 Å². The summed E-state index contributed by atoms with van der Waals surface area (Å²) in [6.45, 7) is 0. The number of hydrogen-bond acceptors (Lipinski definition) is 3. The molecule has 0 radical (unpaired) electrons. The number of hydrogen-bond donors (Lipinski definition) is 1. The van der Waals surface area contributed by atoms with Crippen LogP contribution in [0.25, 0.3) is 0 Å². The van der Waals surface area contributed by atoms with E-state index in [9.17, 15) is 0 Å². The van der Waals surface area contributed by atoms with Gasteiger partial charge in [0, 0.05) is 33.0 Å². The van der Waals surface area contributed by atoms with Crippen molar-refractivity contribution in [3.05, 3.63) is 36.7 Å². The van der Waals surface area contributed by atoms with Gasteiger partial charge in [0.05, 0.1) is 12.2 Å². The summed E-state index contributed by atoms with van der Waals surface area (Å²) in [5, 5.41) is 11.2. The monoisotopic (exact) mass is 246 g/mol. The second kappa shape index (κ2) is 7.21. The standard InChI is InChI=1S/C13H19N5/c1-14-12-5-7-13(8-6-12)16-15-11-18(4)10-9-17(2)3/h5-11H,1-4H3/p+1/b10-9-. The first-order chi connectivity index (χ1) is 8.61. The van der Waals surface area contributed by atoms with Crippen LogP contribution in [0.1, 0.15) is 0 Å². The van der Waals surface area contributed by atoms with Gasteiger partial charge in [0.2, 0.25) is 0 Å². The first kappa shape index (κ1) is 13.9. The second-order valence-corrected chi connectivity index (χ2v) is 4.06. The molecule has 0 amide bonds. The SMILES string of the molecule is CNc1ccc(/N=N/C=[N+](C)/C=C\N(C)C)cc1.